The number of hydrogen-bond acceptors (Lipinski definition) is 3. The maximum atomic E-state index is 12.8. The highest BCUT2D eigenvalue weighted by Gasteiger charge is 2.53. The number of carbonyl (C=O) groups is 3. The average Bonchev–Trinajstić information content (AvgIpc) is 2.77. The van der Waals surface area contributed by atoms with Crippen LogP contribution in [-0.4, -0.2) is 29.8 Å². The van der Waals surface area contributed by atoms with E-state index in [1.165, 1.54) is 38.5 Å². The molecule has 0 aromatic heterocycles. The Bertz CT molecular complexity index is 829. The van der Waals surface area contributed by atoms with Crippen LogP contribution in [0.2, 0.25) is 0 Å². The van der Waals surface area contributed by atoms with Gasteiger partial charge in [-0.2, -0.15) is 0 Å². The van der Waals surface area contributed by atoms with Gasteiger partial charge < -0.3 is 16.0 Å². The van der Waals surface area contributed by atoms with E-state index in [2.05, 4.69) is 22.9 Å². The van der Waals surface area contributed by atoms with Crippen LogP contribution in [0.25, 0.3) is 0 Å². The van der Waals surface area contributed by atoms with Crippen LogP contribution in [0.1, 0.15) is 62.2 Å². The molecule has 3 N–H and O–H groups in total. The Labute approximate surface area is 171 Å². The van der Waals surface area contributed by atoms with E-state index in [4.69, 9.17) is 0 Å². The molecule has 6 nitrogen and oxygen atoms in total. The lowest BCUT2D eigenvalue weighted by Gasteiger charge is -2.59. The Morgan fingerprint density at radius 2 is 1.72 bits per heavy atom. The molecule has 4 saturated carbocycles. The Balaban J connectivity index is 1.24. The fourth-order valence-corrected chi connectivity index (χ4v) is 6.80. The lowest BCUT2D eigenvalue weighted by Crippen LogP contribution is -2.56. The zero-order chi connectivity index (χ0) is 20.2. The highest BCUT2D eigenvalue weighted by atomic mass is 16.2. The summed E-state index contributed by atoms with van der Waals surface area (Å²) in [5, 5.41) is 8.67. The van der Waals surface area contributed by atoms with Gasteiger partial charge in [-0.05, 0) is 80.8 Å². The minimum atomic E-state index is -0.863. The van der Waals surface area contributed by atoms with Gasteiger partial charge in [0.1, 0.15) is 6.04 Å². The van der Waals surface area contributed by atoms with Crippen molar-refractivity contribution in [1.82, 2.24) is 10.6 Å². The second kappa shape index (κ2) is 6.85. The number of hydrogen-bond donors (Lipinski definition) is 3. The molecule has 1 heterocycles. The van der Waals surface area contributed by atoms with Crippen molar-refractivity contribution in [3.63, 3.8) is 0 Å². The first-order chi connectivity index (χ1) is 13.9. The maximum absolute atomic E-state index is 12.8. The Hall–Kier alpha value is -2.37. The summed E-state index contributed by atoms with van der Waals surface area (Å²) in [7, 11) is 0. The number of carbonyl (C=O) groups excluding carboxylic acids is 3. The van der Waals surface area contributed by atoms with Gasteiger partial charge in [-0.15, -0.1) is 0 Å². The molecule has 3 amide bonds. The van der Waals surface area contributed by atoms with Gasteiger partial charge in [0.05, 0.1) is 17.7 Å². The second-order valence-corrected chi connectivity index (χ2v) is 9.83. The predicted molar refractivity (Wildman–Crippen MR) is 109 cm³/mol. The van der Waals surface area contributed by atoms with Gasteiger partial charge in [0.25, 0.3) is 5.91 Å². The second-order valence-electron chi connectivity index (χ2n) is 9.83. The number of nitrogens with one attached hydrogen (secondary N) is 3. The smallest absolute Gasteiger partial charge is 0.254 e. The quantitative estimate of drug-likeness (QED) is 0.733. The van der Waals surface area contributed by atoms with Gasteiger partial charge >= 0.3 is 0 Å². The van der Waals surface area contributed by atoms with E-state index in [-0.39, 0.29) is 35.6 Å². The first-order valence-electron chi connectivity index (χ1n) is 10.9. The summed E-state index contributed by atoms with van der Waals surface area (Å²) in [6.45, 7) is 2.13. The molecule has 6 rings (SSSR count). The summed E-state index contributed by atoms with van der Waals surface area (Å²) >= 11 is 0. The van der Waals surface area contributed by atoms with Gasteiger partial charge in [-0.3, -0.25) is 14.4 Å². The number of rotatable bonds is 4. The lowest BCUT2D eigenvalue weighted by molar-refractivity contribution is -0.129. The first-order valence-corrected chi connectivity index (χ1v) is 10.9. The summed E-state index contributed by atoms with van der Waals surface area (Å²) in [5.41, 5.74) is 1.13. The third kappa shape index (κ3) is 3.32. The van der Waals surface area contributed by atoms with Crippen LogP contribution in [-0.2, 0) is 9.59 Å². The van der Waals surface area contributed by atoms with Gasteiger partial charge in [0.2, 0.25) is 11.8 Å². The van der Waals surface area contributed by atoms with E-state index in [0.29, 0.717) is 11.3 Å². The normalized spacial score (nSPS) is 35.9. The largest absolute Gasteiger partial charge is 0.353 e. The molecule has 1 aromatic rings. The fourth-order valence-electron chi connectivity index (χ4n) is 6.80. The Morgan fingerprint density at radius 1 is 1.10 bits per heavy atom. The van der Waals surface area contributed by atoms with Crippen molar-refractivity contribution in [2.45, 2.75) is 64.0 Å². The van der Waals surface area contributed by atoms with Crippen LogP contribution in [0.3, 0.4) is 0 Å². The van der Waals surface area contributed by atoms with Crippen molar-refractivity contribution < 1.29 is 14.4 Å². The maximum Gasteiger partial charge on any atom is 0.254 e. The molecule has 0 radical (unpaired) electrons. The van der Waals surface area contributed by atoms with Crippen LogP contribution in [0.15, 0.2) is 24.3 Å². The topological polar surface area (TPSA) is 87.3 Å². The molecule has 2 atom stereocenters. The standard InChI is InChI=1S/C23H29N3O3/c1-13(23-10-14-6-15(11-23)8-16(7-14)12-23)24-20(27)9-19-22(29)25-18-5-3-2-4-17(18)21(28)26-19/h2-5,13-16,19H,6-12H2,1H3,(H,24,27)(H,25,29)(H,26,28)/t13-,14?,15?,16?,19+,23?/m0/s1. The zero-order valence-corrected chi connectivity index (χ0v) is 16.9. The third-order valence-electron chi connectivity index (χ3n) is 7.82. The number of anilines is 1. The third-order valence-corrected chi connectivity index (χ3v) is 7.82. The molecule has 1 aromatic carbocycles. The Morgan fingerprint density at radius 3 is 2.38 bits per heavy atom. The predicted octanol–water partition coefficient (Wildman–Crippen LogP) is 2.85. The first kappa shape index (κ1) is 18.6. The van der Waals surface area contributed by atoms with E-state index < -0.39 is 6.04 Å². The molecule has 4 aliphatic carbocycles. The van der Waals surface area contributed by atoms with Crippen LogP contribution < -0.4 is 16.0 Å². The van der Waals surface area contributed by atoms with Crippen molar-refractivity contribution in [1.29, 1.82) is 0 Å². The molecule has 6 heteroatoms. The molecule has 1 aliphatic heterocycles. The molecule has 4 bridgehead atoms. The van der Waals surface area contributed by atoms with E-state index in [9.17, 15) is 14.4 Å². The monoisotopic (exact) mass is 395 g/mol. The van der Waals surface area contributed by atoms with Gasteiger partial charge in [-0.1, -0.05) is 12.1 Å². The number of para-hydroxylation sites is 1. The lowest BCUT2D eigenvalue weighted by atomic mass is 9.48. The highest BCUT2D eigenvalue weighted by molar-refractivity contribution is 6.10. The molecular formula is C23H29N3O3. The van der Waals surface area contributed by atoms with Gasteiger partial charge in [0.15, 0.2) is 0 Å². The van der Waals surface area contributed by atoms with Crippen molar-refractivity contribution in [3.8, 4) is 0 Å². The number of benzene rings is 1. The molecule has 0 spiro atoms. The number of amides is 3. The summed E-state index contributed by atoms with van der Waals surface area (Å²) in [6, 6.07) is 6.13. The van der Waals surface area contributed by atoms with Gasteiger partial charge in [-0.25, -0.2) is 0 Å². The van der Waals surface area contributed by atoms with Crippen LogP contribution >= 0.6 is 0 Å². The van der Waals surface area contributed by atoms with Crippen molar-refractivity contribution >= 4 is 23.4 Å². The summed E-state index contributed by atoms with van der Waals surface area (Å²) in [6.07, 6.45) is 7.73. The van der Waals surface area contributed by atoms with E-state index in [1.54, 1.807) is 24.3 Å². The molecule has 4 fully saturated rings. The molecule has 154 valence electrons. The van der Waals surface area contributed by atoms with Crippen LogP contribution in [0.5, 0.6) is 0 Å². The summed E-state index contributed by atoms with van der Waals surface area (Å²) in [5.74, 6) is 1.63. The van der Waals surface area contributed by atoms with E-state index in [1.807, 2.05) is 0 Å². The zero-order valence-electron chi connectivity index (χ0n) is 16.9. The molecule has 0 saturated heterocycles. The van der Waals surface area contributed by atoms with Crippen molar-refractivity contribution in [3.05, 3.63) is 29.8 Å². The molecule has 0 unspecified atom stereocenters. The minimum absolute atomic E-state index is 0.0394. The van der Waals surface area contributed by atoms with E-state index >= 15 is 0 Å². The SMILES string of the molecule is C[C@H](NC(=O)C[C@H]1NC(=O)c2ccccc2NC1=O)C12CC3CC(CC(C3)C1)C2. The van der Waals surface area contributed by atoms with Crippen molar-refractivity contribution in [2.24, 2.45) is 23.2 Å². The summed E-state index contributed by atoms with van der Waals surface area (Å²) < 4.78 is 0. The van der Waals surface area contributed by atoms with E-state index in [0.717, 1.165) is 17.8 Å². The molecule has 29 heavy (non-hydrogen) atoms. The fraction of sp³-hybridized carbons (Fsp3) is 0.609. The van der Waals surface area contributed by atoms with Gasteiger partial charge in [0, 0.05) is 6.04 Å². The minimum Gasteiger partial charge on any atom is -0.353 e. The highest BCUT2D eigenvalue weighted by Crippen LogP contribution is 2.61. The summed E-state index contributed by atoms with van der Waals surface area (Å²) in [4.78, 5) is 37.8. The van der Waals surface area contributed by atoms with Crippen molar-refractivity contribution in [2.75, 3.05) is 5.32 Å². The molecule has 5 aliphatic rings. The average molecular weight is 396 g/mol. The van der Waals surface area contributed by atoms with Crippen LogP contribution in [0.4, 0.5) is 5.69 Å². The number of fused-ring (bicyclic) bond motifs is 1. The Kier molecular flexibility index (Phi) is 4.41. The van der Waals surface area contributed by atoms with Crippen LogP contribution in [0, 0.1) is 23.2 Å². The molecular weight excluding hydrogens is 366 g/mol.